The van der Waals surface area contributed by atoms with Crippen molar-refractivity contribution in [2.24, 2.45) is 5.92 Å². The standard InChI is InChI=1S/C40H74O2/c1-3-5-7-9-11-13-15-17-19-21-23-25-27-29-31-33-35-37-40(42)39(38-41)36-34-32-30-28-26-24-22-20-18-16-14-12-10-8-6-4-2/h22,24,35,37-39H,3-21,23,25-34,36H2,1-2H3/b24-22-,37-35?. The topological polar surface area (TPSA) is 34.1 Å². The highest BCUT2D eigenvalue weighted by Gasteiger charge is 2.14. The lowest BCUT2D eigenvalue weighted by molar-refractivity contribution is -0.124. The molecule has 0 saturated carbocycles. The molecule has 0 aliphatic heterocycles. The molecule has 0 heterocycles. The van der Waals surface area contributed by atoms with Crippen molar-refractivity contribution in [1.82, 2.24) is 0 Å². The Morgan fingerprint density at radius 3 is 1.10 bits per heavy atom. The fourth-order valence-corrected chi connectivity index (χ4v) is 5.85. The molecule has 0 aliphatic rings. The van der Waals surface area contributed by atoms with E-state index in [-0.39, 0.29) is 5.78 Å². The van der Waals surface area contributed by atoms with Crippen LogP contribution >= 0.6 is 0 Å². The Hall–Kier alpha value is -1.18. The van der Waals surface area contributed by atoms with E-state index in [0.29, 0.717) is 6.42 Å². The number of hydrogen-bond acceptors (Lipinski definition) is 2. The van der Waals surface area contributed by atoms with Crippen LogP contribution in [0.15, 0.2) is 24.3 Å². The van der Waals surface area contributed by atoms with E-state index in [1.807, 2.05) is 6.08 Å². The molecule has 0 radical (unpaired) electrons. The normalized spacial score (nSPS) is 12.5. The molecule has 0 saturated heterocycles. The Labute approximate surface area is 264 Å². The summed E-state index contributed by atoms with van der Waals surface area (Å²) in [4.78, 5) is 23.9. The van der Waals surface area contributed by atoms with E-state index in [0.717, 1.165) is 38.4 Å². The van der Waals surface area contributed by atoms with Crippen molar-refractivity contribution in [3.05, 3.63) is 24.3 Å². The third-order valence-electron chi connectivity index (χ3n) is 8.81. The van der Waals surface area contributed by atoms with Crippen molar-refractivity contribution in [3.63, 3.8) is 0 Å². The van der Waals surface area contributed by atoms with E-state index >= 15 is 0 Å². The quantitative estimate of drug-likeness (QED) is 0.0243. The Kier molecular flexibility index (Phi) is 35.0. The van der Waals surface area contributed by atoms with Crippen molar-refractivity contribution in [3.8, 4) is 0 Å². The molecule has 0 N–H and O–H groups in total. The lowest BCUT2D eigenvalue weighted by Gasteiger charge is -2.06. The van der Waals surface area contributed by atoms with Crippen LogP contribution in [0.5, 0.6) is 0 Å². The smallest absolute Gasteiger partial charge is 0.165 e. The Balaban J connectivity index is 3.51. The molecule has 0 aromatic rings. The van der Waals surface area contributed by atoms with Gasteiger partial charge < -0.3 is 4.79 Å². The van der Waals surface area contributed by atoms with Crippen LogP contribution in [-0.4, -0.2) is 12.1 Å². The van der Waals surface area contributed by atoms with E-state index in [1.165, 1.54) is 161 Å². The molecule has 0 bridgehead atoms. The first-order valence-corrected chi connectivity index (χ1v) is 19.1. The highest BCUT2D eigenvalue weighted by Crippen LogP contribution is 2.15. The number of carbonyl (C=O) groups is 2. The monoisotopic (exact) mass is 587 g/mol. The minimum atomic E-state index is -0.436. The summed E-state index contributed by atoms with van der Waals surface area (Å²) in [6.45, 7) is 4.56. The van der Waals surface area contributed by atoms with E-state index in [1.54, 1.807) is 6.08 Å². The molecule has 1 unspecified atom stereocenters. The van der Waals surface area contributed by atoms with Crippen molar-refractivity contribution in [1.29, 1.82) is 0 Å². The zero-order chi connectivity index (χ0) is 30.6. The van der Waals surface area contributed by atoms with Gasteiger partial charge in [0, 0.05) is 0 Å². The third-order valence-corrected chi connectivity index (χ3v) is 8.81. The molecule has 0 aromatic carbocycles. The highest BCUT2D eigenvalue weighted by atomic mass is 16.1. The summed E-state index contributed by atoms with van der Waals surface area (Å²) in [7, 11) is 0. The van der Waals surface area contributed by atoms with Crippen LogP contribution in [-0.2, 0) is 9.59 Å². The van der Waals surface area contributed by atoms with Crippen molar-refractivity contribution in [2.45, 2.75) is 213 Å². The predicted molar refractivity (Wildman–Crippen MR) is 187 cm³/mol. The van der Waals surface area contributed by atoms with E-state index in [4.69, 9.17) is 0 Å². The summed E-state index contributed by atoms with van der Waals surface area (Å²) in [5.41, 5.74) is 0. The fraction of sp³-hybridized carbons (Fsp3) is 0.850. The van der Waals surface area contributed by atoms with Crippen LogP contribution < -0.4 is 0 Å². The van der Waals surface area contributed by atoms with Crippen molar-refractivity contribution in [2.75, 3.05) is 0 Å². The molecular weight excluding hydrogens is 512 g/mol. The lowest BCUT2D eigenvalue weighted by atomic mass is 9.97. The van der Waals surface area contributed by atoms with Crippen molar-refractivity contribution >= 4 is 12.1 Å². The number of allylic oxidation sites excluding steroid dienone is 4. The first-order chi connectivity index (χ1) is 20.8. The Morgan fingerprint density at radius 1 is 0.429 bits per heavy atom. The van der Waals surface area contributed by atoms with Crippen molar-refractivity contribution < 1.29 is 9.59 Å². The summed E-state index contributed by atoms with van der Waals surface area (Å²) in [6, 6.07) is 0. The number of unbranched alkanes of at least 4 members (excludes halogenated alkanes) is 27. The first-order valence-electron chi connectivity index (χ1n) is 19.1. The number of ketones is 1. The summed E-state index contributed by atoms with van der Waals surface area (Å²) >= 11 is 0. The van der Waals surface area contributed by atoms with Gasteiger partial charge in [0.15, 0.2) is 5.78 Å². The molecule has 0 aromatic heterocycles. The summed E-state index contributed by atoms with van der Waals surface area (Å²) < 4.78 is 0. The van der Waals surface area contributed by atoms with Gasteiger partial charge in [0.1, 0.15) is 6.29 Å². The van der Waals surface area contributed by atoms with E-state index in [9.17, 15) is 9.59 Å². The van der Waals surface area contributed by atoms with Gasteiger partial charge in [-0.1, -0.05) is 186 Å². The SMILES string of the molecule is CCCCCCCCCC/C=C\CCCCCCC(C=O)C(=O)C=CCCCCCCCCCCCCCCCCC. The van der Waals surface area contributed by atoms with Gasteiger partial charge in [-0.2, -0.15) is 0 Å². The van der Waals surface area contributed by atoms with Crippen LogP contribution in [0, 0.1) is 5.92 Å². The van der Waals surface area contributed by atoms with Crippen LogP contribution in [0.25, 0.3) is 0 Å². The van der Waals surface area contributed by atoms with Gasteiger partial charge >= 0.3 is 0 Å². The fourth-order valence-electron chi connectivity index (χ4n) is 5.85. The maximum Gasteiger partial charge on any atom is 0.165 e. The van der Waals surface area contributed by atoms with Crippen LogP contribution in [0.3, 0.4) is 0 Å². The van der Waals surface area contributed by atoms with E-state index in [2.05, 4.69) is 26.0 Å². The van der Waals surface area contributed by atoms with Gasteiger partial charge in [0.25, 0.3) is 0 Å². The van der Waals surface area contributed by atoms with Crippen LogP contribution in [0.1, 0.15) is 213 Å². The zero-order valence-corrected chi connectivity index (χ0v) is 28.7. The molecule has 1 atom stereocenters. The summed E-state index contributed by atoms with van der Waals surface area (Å²) in [5.74, 6) is -0.427. The second-order valence-corrected chi connectivity index (χ2v) is 13.0. The van der Waals surface area contributed by atoms with Gasteiger partial charge in [0.2, 0.25) is 0 Å². The van der Waals surface area contributed by atoms with Gasteiger partial charge in [-0.15, -0.1) is 0 Å². The third kappa shape index (κ3) is 31.7. The van der Waals surface area contributed by atoms with Crippen LogP contribution in [0.4, 0.5) is 0 Å². The number of rotatable bonds is 35. The van der Waals surface area contributed by atoms with Gasteiger partial charge in [-0.05, 0) is 51.0 Å². The molecule has 0 amide bonds. The number of aldehydes is 1. The largest absolute Gasteiger partial charge is 0.303 e. The summed E-state index contributed by atoms with van der Waals surface area (Å²) in [5, 5.41) is 0. The van der Waals surface area contributed by atoms with Gasteiger partial charge in [0.05, 0.1) is 5.92 Å². The van der Waals surface area contributed by atoms with E-state index < -0.39 is 5.92 Å². The highest BCUT2D eigenvalue weighted by molar-refractivity contribution is 6.00. The molecule has 246 valence electrons. The average molecular weight is 587 g/mol. The van der Waals surface area contributed by atoms with Gasteiger partial charge in [-0.25, -0.2) is 0 Å². The number of carbonyl (C=O) groups excluding carboxylic acids is 2. The minimum absolute atomic E-state index is 0.00912. The molecule has 0 aliphatic carbocycles. The Morgan fingerprint density at radius 2 is 0.738 bits per heavy atom. The minimum Gasteiger partial charge on any atom is -0.303 e. The molecule has 0 fully saturated rings. The number of hydrogen-bond donors (Lipinski definition) is 0. The maximum absolute atomic E-state index is 12.4. The Bertz CT molecular complexity index is 605. The molecule has 42 heavy (non-hydrogen) atoms. The van der Waals surface area contributed by atoms with Crippen LogP contribution in [0.2, 0.25) is 0 Å². The first kappa shape index (κ1) is 40.8. The molecule has 2 nitrogen and oxygen atoms in total. The molecule has 0 rings (SSSR count). The van der Waals surface area contributed by atoms with Gasteiger partial charge in [-0.3, -0.25) is 4.79 Å². The lowest BCUT2D eigenvalue weighted by Crippen LogP contribution is -2.13. The summed E-state index contributed by atoms with van der Waals surface area (Å²) in [6.07, 6.45) is 49.5. The second kappa shape index (κ2) is 36.0. The molecule has 2 heteroatoms. The predicted octanol–water partition coefficient (Wildman–Crippen LogP) is 13.6. The zero-order valence-electron chi connectivity index (χ0n) is 28.7. The molecule has 0 spiro atoms. The average Bonchev–Trinajstić information content (AvgIpc) is 3.00. The molecular formula is C40H74O2. The second-order valence-electron chi connectivity index (χ2n) is 13.0. The maximum atomic E-state index is 12.4.